The lowest BCUT2D eigenvalue weighted by Crippen LogP contribution is -2.46. The minimum atomic E-state index is -0.809. The van der Waals surface area contributed by atoms with Gasteiger partial charge in [-0.25, -0.2) is 0 Å². The van der Waals surface area contributed by atoms with Gasteiger partial charge in [-0.05, 0) is 42.5 Å². The predicted molar refractivity (Wildman–Crippen MR) is 98.4 cm³/mol. The zero-order valence-electron chi connectivity index (χ0n) is 15.2. The quantitative estimate of drug-likeness (QED) is 0.891. The molecule has 3 aliphatic heterocycles. The number of ketones is 1. The van der Waals surface area contributed by atoms with E-state index >= 15 is 0 Å². The third-order valence-electron chi connectivity index (χ3n) is 7.02. The topological polar surface area (TPSA) is 79.2 Å². The second-order valence-electron chi connectivity index (χ2n) is 8.28. The SMILES string of the molecule is Cc1ccc2c(c1)C([C@@H]([C]=O)C13CC[C@H](O1)C1CNC[C@H]13)=CC(=O)[C@H]2C#N. The number of carbonyl (C=O) groups excluding carboxylic acids is 2. The highest BCUT2D eigenvalue weighted by Gasteiger charge is 2.64. The van der Waals surface area contributed by atoms with Crippen LogP contribution in [0.5, 0.6) is 0 Å². The van der Waals surface area contributed by atoms with Crippen LogP contribution in [0.1, 0.15) is 35.4 Å². The maximum atomic E-state index is 12.7. The van der Waals surface area contributed by atoms with E-state index in [2.05, 4.69) is 17.7 Å². The second-order valence-corrected chi connectivity index (χ2v) is 8.28. The molecular formula is C22H21N2O3. The van der Waals surface area contributed by atoms with Gasteiger partial charge in [0.1, 0.15) is 5.92 Å². The molecule has 5 nitrogen and oxygen atoms in total. The molecule has 1 aliphatic carbocycles. The number of allylic oxidation sites excluding steroid dienone is 1. The van der Waals surface area contributed by atoms with E-state index in [1.165, 1.54) is 6.08 Å². The Labute approximate surface area is 158 Å². The normalized spacial score (nSPS) is 37.3. The van der Waals surface area contributed by atoms with Gasteiger partial charge < -0.3 is 10.1 Å². The van der Waals surface area contributed by atoms with Crippen molar-refractivity contribution in [3.05, 3.63) is 41.0 Å². The van der Waals surface area contributed by atoms with Crippen molar-refractivity contribution >= 4 is 17.6 Å². The van der Waals surface area contributed by atoms with Gasteiger partial charge in [-0.15, -0.1) is 0 Å². The minimum Gasteiger partial charge on any atom is -0.370 e. The molecule has 1 N–H and O–H groups in total. The highest BCUT2D eigenvalue weighted by Crippen LogP contribution is 2.58. The Morgan fingerprint density at radius 1 is 1.37 bits per heavy atom. The third kappa shape index (κ3) is 2.17. The lowest BCUT2D eigenvalue weighted by Gasteiger charge is -2.39. The summed E-state index contributed by atoms with van der Waals surface area (Å²) >= 11 is 0. The van der Waals surface area contributed by atoms with Gasteiger partial charge in [0.2, 0.25) is 6.29 Å². The molecular weight excluding hydrogens is 340 g/mol. The van der Waals surface area contributed by atoms with Gasteiger partial charge in [-0.2, -0.15) is 5.26 Å². The first kappa shape index (κ1) is 16.9. The molecule has 1 aromatic carbocycles. The smallest absolute Gasteiger partial charge is 0.209 e. The zero-order valence-corrected chi connectivity index (χ0v) is 15.2. The van der Waals surface area contributed by atoms with Crippen LogP contribution >= 0.6 is 0 Å². The molecule has 4 aliphatic rings. The summed E-state index contributed by atoms with van der Waals surface area (Å²) in [5.41, 5.74) is 2.63. The summed E-state index contributed by atoms with van der Waals surface area (Å²) in [5, 5.41) is 12.9. The molecule has 6 atom stereocenters. The fourth-order valence-corrected chi connectivity index (χ4v) is 5.83. The summed E-state index contributed by atoms with van der Waals surface area (Å²) in [5.74, 6) is -0.981. The average Bonchev–Trinajstić information content (AvgIpc) is 3.36. The Kier molecular flexibility index (Phi) is 3.65. The molecule has 1 aromatic rings. The minimum absolute atomic E-state index is 0.185. The number of hydrogen-bond acceptors (Lipinski definition) is 5. The van der Waals surface area contributed by atoms with Gasteiger partial charge >= 0.3 is 0 Å². The van der Waals surface area contributed by atoms with Gasteiger partial charge in [0.25, 0.3) is 0 Å². The third-order valence-corrected chi connectivity index (χ3v) is 7.02. The molecule has 1 radical (unpaired) electrons. The van der Waals surface area contributed by atoms with Crippen LogP contribution in [0.15, 0.2) is 24.3 Å². The molecule has 0 saturated carbocycles. The number of nitriles is 1. The largest absolute Gasteiger partial charge is 0.370 e. The fraction of sp³-hybridized carbons (Fsp3) is 0.500. The van der Waals surface area contributed by atoms with E-state index in [4.69, 9.17) is 4.74 Å². The lowest BCUT2D eigenvalue weighted by molar-refractivity contribution is -0.115. The maximum Gasteiger partial charge on any atom is 0.209 e. The summed E-state index contributed by atoms with van der Waals surface area (Å²) in [4.78, 5) is 24.9. The van der Waals surface area contributed by atoms with Crippen molar-refractivity contribution in [2.24, 2.45) is 17.8 Å². The molecule has 3 heterocycles. The van der Waals surface area contributed by atoms with E-state index in [1.54, 1.807) is 0 Å². The highest BCUT2D eigenvalue weighted by molar-refractivity contribution is 6.08. The number of ether oxygens (including phenoxy) is 1. The van der Waals surface area contributed by atoms with Gasteiger partial charge in [0.05, 0.1) is 23.7 Å². The molecule has 5 heteroatoms. The van der Waals surface area contributed by atoms with Gasteiger partial charge in [0.15, 0.2) is 5.78 Å². The van der Waals surface area contributed by atoms with Crippen molar-refractivity contribution in [1.82, 2.24) is 5.32 Å². The number of nitrogens with zero attached hydrogens (tertiary/aromatic N) is 1. The summed E-state index contributed by atoms with van der Waals surface area (Å²) in [6, 6.07) is 7.84. The van der Waals surface area contributed by atoms with Crippen LogP contribution < -0.4 is 5.32 Å². The summed E-state index contributed by atoms with van der Waals surface area (Å²) in [6.45, 7) is 3.73. The first-order chi connectivity index (χ1) is 13.1. The van der Waals surface area contributed by atoms with Crippen LogP contribution in [0.25, 0.3) is 5.57 Å². The van der Waals surface area contributed by atoms with Crippen LogP contribution in [0, 0.1) is 36.0 Å². The number of benzene rings is 1. The number of fused-ring (bicyclic) bond motifs is 6. The standard InChI is InChI=1S/C22H21N2O3/c1-12-2-3-13-14(6-12)15(7-20(26)16(13)8-23)19(11-25)22-5-4-21(27-22)17-9-24-10-18(17)22/h2-3,6-7,16-19,21,24H,4-5,9-10H2,1H3/t16-,17?,18+,19+,21-,22?/m0/s1. The van der Waals surface area contributed by atoms with Crippen molar-refractivity contribution in [3.8, 4) is 6.07 Å². The Hall–Kier alpha value is -2.29. The van der Waals surface area contributed by atoms with Gasteiger partial charge in [-0.1, -0.05) is 23.8 Å². The highest BCUT2D eigenvalue weighted by atomic mass is 16.5. The molecule has 0 aromatic heterocycles. The van der Waals surface area contributed by atoms with Gasteiger partial charge in [0, 0.05) is 24.9 Å². The molecule has 2 bridgehead atoms. The lowest BCUT2D eigenvalue weighted by atomic mass is 9.64. The fourth-order valence-electron chi connectivity index (χ4n) is 5.83. The van der Waals surface area contributed by atoms with E-state index in [0.29, 0.717) is 17.1 Å². The van der Waals surface area contributed by atoms with Crippen molar-refractivity contribution in [2.75, 3.05) is 13.1 Å². The summed E-state index contributed by atoms with van der Waals surface area (Å²) < 4.78 is 6.45. The second kappa shape index (κ2) is 5.85. The van der Waals surface area contributed by atoms with Crippen molar-refractivity contribution in [2.45, 2.75) is 37.4 Å². The first-order valence-electron chi connectivity index (χ1n) is 9.61. The number of carbonyl (C=O) groups is 1. The summed E-state index contributed by atoms with van der Waals surface area (Å²) in [7, 11) is 0. The zero-order chi connectivity index (χ0) is 18.8. The first-order valence-corrected chi connectivity index (χ1v) is 9.61. The van der Waals surface area contributed by atoms with Crippen LogP contribution in [0.2, 0.25) is 0 Å². The molecule has 2 unspecified atom stereocenters. The Morgan fingerprint density at radius 3 is 3.00 bits per heavy atom. The van der Waals surface area contributed by atoms with Crippen LogP contribution in [0.3, 0.4) is 0 Å². The monoisotopic (exact) mass is 361 g/mol. The molecule has 0 amide bonds. The van der Waals surface area contributed by atoms with E-state index in [1.807, 2.05) is 25.1 Å². The Balaban J connectivity index is 1.65. The molecule has 27 heavy (non-hydrogen) atoms. The van der Waals surface area contributed by atoms with Crippen molar-refractivity contribution < 1.29 is 14.3 Å². The van der Waals surface area contributed by atoms with Crippen LogP contribution in [-0.2, 0) is 14.3 Å². The molecule has 0 spiro atoms. The average molecular weight is 361 g/mol. The maximum absolute atomic E-state index is 12.7. The van der Waals surface area contributed by atoms with E-state index in [9.17, 15) is 14.9 Å². The van der Waals surface area contributed by atoms with Crippen LogP contribution in [-0.4, -0.2) is 36.9 Å². The van der Waals surface area contributed by atoms with Crippen molar-refractivity contribution in [1.29, 1.82) is 5.26 Å². The number of nitrogens with one attached hydrogen (secondary N) is 1. The van der Waals surface area contributed by atoms with E-state index in [-0.39, 0.29) is 17.8 Å². The summed E-state index contributed by atoms with van der Waals surface area (Å²) in [6.07, 6.45) is 5.71. The van der Waals surface area contributed by atoms with Crippen molar-refractivity contribution in [3.63, 3.8) is 0 Å². The Bertz CT molecular complexity index is 915. The number of rotatable bonds is 3. The molecule has 137 valence electrons. The molecule has 5 rings (SSSR count). The molecule has 3 fully saturated rings. The van der Waals surface area contributed by atoms with Crippen LogP contribution in [0.4, 0.5) is 0 Å². The predicted octanol–water partition coefficient (Wildman–Crippen LogP) is 2.06. The van der Waals surface area contributed by atoms with E-state index < -0.39 is 17.4 Å². The number of aryl methyl sites for hydroxylation is 1. The molecule has 3 saturated heterocycles. The van der Waals surface area contributed by atoms with Gasteiger partial charge in [-0.3, -0.25) is 9.59 Å². The Morgan fingerprint density at radius 2 is 2.22 bits per heavy atom. The van der Waals surface area contributed by atoms with E-state index in [0.717, 1.165) is 37.1 Å². The number of hydrogen-bond donors (Lipinski definition) is 1.